The molecule has 0 aliphatic rings. The van der Waals surface area contributed by atoms with Crippen molar-refractivity contribution in [2.75, 3.05) is 13.2 Å². The van der Waals surface area contributed by atoms with E-state index >= 15 is 0 Å². The number of azo groups is 1. The molecule has 0 saturated carbocycles. The van der Waals surface area contributed by atoms with Crippen molar-refractivity contribution in [3.63, 3.8) is 0 Å². The maximum absolute atomic E-state index is 13.6. The Labute approximate surface area is 305 Å². The molecule has 0 saturated heterocycles. The number of unbranched alkanes of at least 4 members (excludes halogenated alkanes) is 3. The number of hydrogen-bond acceptors (Lipinski definition) is 11. The Kier molecular flexibility index (Phi) is 18.5. The molecular weight excluding hydrogens is 693 g/mol. The van der Waals surface area contributed by atoms with E-state index in [1.807, 2.05) is 33.8 Å². The lowest BCUT2D eigenvalue weighted by molar-refractivity contribution is 0.237. The Hall–Kier alpha value is -3.12. The molecule has 2 rings (SSSR count). The van der Waals surface area contributed by atoms with Gasteiger partial charge in [-0.25, -0.2) is 0 Å². The fourth-order valence-electron chi connectivity index (χ4n) is 5.75. The van der Waals surface area contributed by atoms with Gasteiger partial charge in [-0.15, -0.1) is 10.2 Å². The minimum absolute atomic E-state index is 0.00797. The highest BCUT2D eigenvalue weighted by Gasteiger charge is 2.27. The quantitative estimate of drug-likeness (QED) is 0.0809. The molecule has 3 unspecified atom stereocenters. The van der Waals surface area contributed by atoms with Gasteiger partial charge in [0.1, 0.15) is 22.2 Å². The fraction of sp³-hybridized carbons (Fsp3) is 0.676. The van der Waals surface area contributed by atoms with E-state index in [9.17, 15) is 32.0 Å². The number of nitriles is 1. The summed E-state index contributed by atoms with van der Waals surface area (Å²) >= 11 is 0. The number of benzene rings is 1. The van der Waals surface area contributed by atoms with Gasteiger partial charge >= 0.3 is 0 Å². The normalized spacial score (nSPS) is 14.1. The zero-order valence-electron chi connectivity index (χ0n) is 31.5. The highest BCUT2D eigenvalue weighted by molar-refractivity contribution is 7.87. The molecule has 286 valence electrons. The van der Waals surface area contributed by atoms with Gasteiger partial charge in [0, 0.05) is 12.1 Å². The molecule has 0 spiro atoms. The first-order chi connectivity index (χ1) is 24.2. The molecule has 14 heteroatoms. The van der Waals surface area contributed by atoms with E-state index < -0.39 is 36.6 Å². The van der Waals surface area contributed by atoms with Crippen molar-refractivity contribution in [3.05, 3.63) is 39.7 Å². The van der Waals surface area contributed by atoms with Gasteiger partial charge in [-0.3, -0.25) is 17.7 Å². The van der Waals surface area contributed by atoms with Crippen LogP contribution in [0.15, 0.2) is 43.0 Å². The van der Waals surface area contributed by atoms with Crippen molar-refractivity contribution in [1.29, 1.82) is 5.26 Å². The number of rotatable bonds is 24. The smallest absolute Gasteiger partial charge is 0.299 e. The highest BCUT2D eigenvalue weighted by Crippen LogP contribution is 2.36. The summed E-state index contributed by atoms with van der Waals surface area (Å²) in [6.07, 6.45) is 10.2. The molecule has 0 radical (unpaired) electrons. The van der Waals surface area contributed by atoms with Crippen LogP contribution in [0.1, 0.15) is 130 Å². The van der Waals surface area contributed by atoms with E-state index in [-0.39, 0.29) is 64.9 Å². The molecular formula is C37H58N4O8S2. The molecule has 1 aromatic carbocycles. The maximum atomic E-state index is 13.6. The predicted molar refractivity (Wildman–Crippen MR) is 199 cm³/mol. The summed E-state index contributed by atoms with van der Waals surface area (Å²) in [6, 6.07) is 5.16. The van der Waals surface area contributed by atoms with Crippen molar-refractivity contribution in [1.82, 2.24) is 4.57 Å². The van der Waals surface area contributed by atoms with Gasteiger partial charge in [0.25, 0.3) is 25.8 Å². The monoisotopic (exact) mass is 750 g/mol. The van der Waals surface area contributed by atoms with Gasteiger partial charge in [0.2, 0.25) is 5.88 Å². The molecule has 51 heavy (non-hydrogen) atoms. The van der Waals surface area contributed by atoms with Crippen LogP contribution in [0.5, 0.6) is 5.88 Å². The predicted octanol–water partition coefficient (Wildman–Crippen LogP) is 9.21. The lowest BCUT2D eigenvalue weighted by atomic mass is 9.99. The maximum Gasteiger partial charge on any atom is 0.299 e. The molecule has 12 nitrogen and oxygen atoms in total. The van der Waals surface area contributed by atoms with Crippen LogP contribution in [0.2, 0.25) is 0 Å². The molecule has 0 fully saturated rings. The van der Waals surface area contributed by atoms with Gasteiger partial charge < -0.3 is 5.11 Å². The Balaban J connectivity index is 2.72. The van der Waals surface area contributed by atoms with E-state index in [4.69, 9.17) is 8.37 Å². The fourth-order valence-corrected chi connectivity index (χ4v) is 7.83. The highest BCUT2D eigenvalue weighted by atomic mass is 32.2. The topological polar surface area (TPSA) is 177 Å². The summed E-state index contributed by atoms with van der Waals surface area (Å²) in [5, 5.41) is 29.5. The Bertz CT molecular complexity index is 1770. The zero-order valence-corrected chi connectivity index (χ0v) is 33.1. The average Bonchev–Trinajstić information content (AvgIpc) is 3.11. The van der Waals surface area contributed by atoms with E-state index in [0.29, 0.717) is 6.42 Å². The standard InChI is InChI=1S/C37H58N4O8S2/c1-8-14-17-28(11-4)24-41-36(42)32(23-38)27(7)35(37(41)43)40-39-33-22-31(50(44,45)48-25-29(12-5)18-15-9-2)20-21-34(33)51(46,47)49-26-30(13-6)19-16-10-3/h20-22,28-30,43H,8-19,24-26H2,1-7H3/b40-39+. The lowest BCUT2D eigenvalue weighted by Gasteiger charge is -2.19. The Morgan fingerprint density at radius 2 is 1.31 bits per heavy atom. The van der Waals surface area contributed by atoms with Crippen LogP contribution in [-0.4, -0.2) is 39.7 Å². The van der Waals surface area contributed by atoms with Crippen LogP contribution in [0.4, 0.5) is 11.4 Å². The molecule has 0 amide bonds. The van der Waals surface area contributed by atoms with Crippen molar-refractivity contribution in [2.24, 2.45) is 28.0 Å². The first-order valence-corrected chi connectivity index (χ1v) is 21.3. The second kappa shape index (κ2) is 21.4. The lowest BCUT2D eigenvalue weighted by Crippen LogP contribution is -2.27. The van der Waals surface area contributed by atoms with Crippen LogP contribution in [0.3, 0.4) is 0 Å². The molecule has 2 aromatic rings. The van der Waals surface area contributed by atoms with Gasteiger partial charge in [-0.1, -0.05) is 99.3 Å². The molecule has 1 N–H and O–H groups in total. The van der Waals surface area contributed by atoms with Gasteiger partial charge in [-0.05, 0) is 62.1 Å². The number of aromatic nitrogens is 1. The first kappa shape index (κ1) is 44.0. The minimum Gasteiger partial charge on any atom is -0.493 e. The van der Waals surface area contributed by atoms with Crippen LogP contribution in [0.25, 0.3) is 0 Å². The van der Waals surface area contributed by atoms with Gasteiger partial charge in [0.05, 0.1) is 18.1 Å². The van der Waals surface area contributed by atoms with Gasteiger partial charge in [0.15, 0.2) is 5.69 Å². The summed E-state index contributed by atoms with van der Waals surface area (Å²) in [6.45, 7) is 13.6. The van der Waals surface area contributed by atoms with E-state index in [2.05, 4.69) is 24.1 Å². The first-order valence-electron chi connectivity index (χ1n) is 18.5. The average molecular weight is 751 g/mol. The summed E-state index contributed by atoms with van der Waals surface area (Å²) in [7, 11) is -8.80. The molecule has 0 aliphatic heterocycles. The van der Waals surface area contributed by atoms with Crippen LogP contribution in [-0.2, 0) is 35.1 Å². The third-order valence-electron chi connectivity index (χ3n) is 9.50. The number of nitrogens with zero attached hydrogens (tertiary/aromatic N) is 4. The largest absolute Gasteiger partial charge is 0.493 e. The van der Waals surface area contributed by atoms with Gasteiger partial charge in [-0.2, -0.15) is 22.1 Å². The third-order valence-corrected chi connectivity index (χ3v) is 12.1. The molecule has 1 aromatic heterocycles. The molecule has 0 aliphatic carbocycles. The summed E-state index contributed by atoms with van der Waals surface area (Å²) in [5.74, 6) is -0.466. The summed E-state index contributed by atoms with van der Waals surface area (Å²) in [4.78, 5) is 12.5. The van der Waals surface area contributed by atoms with E-state index in [0.717, 1.165) is 93.4 Å². The molecule has 3 atom stereocenters. The molecule has 0 bridgehead atoms. The van der Waals surface area contributed by atoms with Crippen LogP contribution >= 0.6 is 0 Å². The van der Waals surface area contributed by atoms with E-state index in [1.165, 1.54) is 6.92 Å². The Morgan fingerprint density at radius 3 is 1.80 bits per heavy atom. The second-order valence-electron chi connectivity index (χ2n) is 13.3. The van der Waals surface area contributed by atoms with Crippen molar-refractivity contribution < 1.29 is 30.3 Å². The van der Waals surface area contributed by atoms with Crippen LogP contribution in [0, 0.1) is 36.0 Å². The van der Waals surface area contributed by atoms with Crippen LogP contribution < -0.4 is 5.56 Å². The zero-order chi connectivity index (χ0) is 38.2. The molecule has 1 heterocycles. The Morgan fingerprint density at radius 1 is 0.804 bits per heavy atom. The van der Waals surface area contributed by atoms with Crippen molar-refractivity contribution >= 4 is 31.6 Å². The number of hydrogen-bond donors (Lipinski definition) is 1. The summed E-state index contributed by atoms with van der Waals surface area (Å²) < 4.78 is 65.9. The third kappa shape index (κ3) is 12.5. The van der Waals surface area contributed by atoms with Crippen molar-refractivity contribution in [3.8, 4) is 11.9 Å². The minimum atomic E-state index is -4.46. The SMILES string of the molecule is CCCCC(CC)COS(=O)(=O)c1ccc(S(=O)(=O)OCC(CC)CCCC)c(/N=N/c2c(C)c(C#N)c(=O)n(CC(CC)CCCC)c2O)c1. The van der Waals surface area contributed by atoms with E-state index in [1.54, 1.807) is 0 Å². The second-order valence-corrected chi connectivity index (χ2v) is 16.5. The van der Waals surface area contributed by atoms with Crippen molar-refractivity contribution in [2.45, 2.75) is 142 Å². The summed E-state index contributed by atoms with van der Waals surface area (Å²) in [5.41, 5.74) is -1.43. The number of pyridine rings is 1. The number of aromatic hydroxyl groups is 1.